The number of aromatic nitrogens is 2. The maximum absolute atomic E-state index is 12.9. The number of nitrogens with zero attached hydrogens (tertiary/aromatic N) is 2. The van der Waals surface area contributed by atoms with E-state index in [0.717, 1.165) is 0 Å². The molecule has 0 saturated heterocycles. The maximum Gasteiger partial charge on any atom is 0.387 e. The second-order valence-electron chi connectivity index (χ2n) is 6.42. The third kappa shape index (κ3) is 5.99. The van der Waals surface area contributed by atoms with Crippen molar-refractivity contribution in [3.63, 3.8) is 0 Å². The van der Waals surface area contributed by atoms with Crippen molar-refractivity contribution in [3.8, 4) is 5.75 Å². The predicted molar refractivity (Wildman–Crippen MR) is 118 cm³/mol. The van der Waals surface area contributed by atoms with E-state index < -0.39 is 23.7 Å². The number of nitrogens with one attached hydrogen (secondary N) is 2. The van der Waals surface area contributed by atoms with Gasteiger partial charge in [-0.1, -0.05) is 0 Å². The van der Waals surface area contributed by atoms with Gasteiger partial charge in [0.2, 0.25) is 5.91 Å². The van der Waals surface area contributed by atoms with Crippen LogP contribution in [0.4, 0.5) is 20.3 Å². The van der Waals surface area contributed by atoms with Crippen LogP contribution in [-0.2, 0) is 4.79 Å². The second-order valence-corrected chi connectivity index (χ2v) is 6.94. The Labute approximate surface area is 187 Å². The van der Waals surface area contributed by atoms with Gasteiger partial charge in [0, 0.05) is 18.1 Å². The van der Waals surface area contributed by atoms with Crippen molar-refractivity contribution in [2.75, 3.05) is 17.2 Å². The lowest BCUT2D eigenvalue weighted by molar-refractivity contribution is -0.114. The molecule has 11 heteroatoms. The van der Waals surface area contributed by atoms with Gasteiger partial charge in [0.05, 0.1) is 23.1 Å². The minimum absolute atomic E-state index is 0.0225. The molecule has 32 heavy (non-hydrogen) atoms. The highest BCUT2D eigenvalue weighted by molar-refractivity contribution is 7.80. The lowest BCUT2D eigenvalue weighted by Gasteiger charge is -2.16. The van der Waals surface area contributed by atoms with Crippen LogP contribution in [0, 0.1) is 0 Å². The Bertz CT molecular complexity index is 1100. The summed E-state index contributed by atoms with van der Waals surface area (Å²) < 4.78 is 28.9. The van der Waals surface area contributed by atoms with E-state index in [9.17, 15) is 18.4 Å². The number of amides is 2. The molecule has 0 aliphatic rings. The molecule has 0 bridgehead atoms. The first kappa shape index (κ1) is 23.1. The van der Waals surface area contributed by atoms with Gasteiger partial charge in [0.15, 0.2) is 0 Å². The number of carbonyl (C=O) groups is 2. The third-order valence-electron chi connectivity index (χ3n) is 4.23. The zero-order valence-electron chi connectivity index (χ0n) is 16.5. The van der Waals surface area contributed by atoms with Gasteiger partial charge in [-0.3, -0.25) is 14.6 Å². The quantitative estimate of drug-likeness (QED) is 0.384. The highest BCUT2D eigenvalue weighted by atomic mass is 32.1. The van der Waals surface area contributed by atoms with Gasteiger partial charge >= 0.3 is 6.61 Å². The van der Waals surface area contributed by atoms with Crippen LogP contribution in [0.25, 0.3) is 0 Å². The molecule has 0 spiro atoms. The normalized spacial score (nSPS) is 11.7. The van der Waals surface area contributed by atoms with Crippen LogP contribution in [0.1, 0.15) is 26.9 Å². The van der Waals surface area contributed by atoms with E-state index in [2.05, 4.69) is 38.0 Å². The Hall–Kier alpha value is -3.57. The summed E-state index contributed by atoms with van der Waals surface area (Å²) in [7, 11) is 0. The minimum atomic E-state index is -2.93. The molecule has 1 aromatic carbocycles. The molecule has 3 aromatic rings. The second kappa shape index (κ2) is 10.6. The van der Waals surface area contributed by atoms with E-state index in [1.807, 2.05) is 0 Å². The molecule has 0 saturated carbocycles. The van der Waals surface area contributed by atoms with Crippen LogP contribution >= 0.6 is 12.6 Å². The first-order chi connectivity index (χ1) is 15.4. The van der Waals surface area contributed by atoms with Gasteiger partial charge in [-0.2, -0.15) is 21.4 Å². The Kier molecular flexibility index (Phi) is 7.68. The first-order valence-corrected chi connectivity index (χ1v) is 9.84. The molecular formula is C21H19F2N5O3S. The molecule has 3 rings (SSSR count). The van der Waals surface area contributed by atoms with Gasteiger partial charge in [-0.25, -0.2) is 4.98 Å². The Balaban J connectivity index is 1.80. The number of rotatable bonds is 8. The molecule has 1 atom stereocenters. The Morgan fingerprint density at radius 3 is 2.50 bits per heavy atom. The number of thiol groups is 1. The molecule has 4 N–H and O–H groups in total. The highest BCUT2D eigenvalue weighted by Crippen LogP contribution is 2.30. The number of hydrogen-bond acceptors (Lipinski definition) is 7. The summed E-state index contributed by atoms with van der Waals surface area (Å²) in [4.78, 5) is 32.7. The van der Waals surface area contributed by atoms with Crippen LogP contribution < -0.4 is 21.1 Å². The number of carbonyl (C=O) groups excluding carboxylic acids is 2. The molecule has 0 fully saturated rings. The van der Waals surface area contributed by atoms with Crippen molar-refractivity contribution in [1.29, 1.82) is 0 Å². The smallest absolute Gasteiger partial charge is 0.387 e. The maximum atomic E-state index is 12.9. The molecule has 2 heterocycles. The summed E-state index contributed by atoms with van der Waals surface area (Å²) in [5.74, 6) is -0.579. The van der Waals surface area contributed by atoms with Gasteiger partial charge in [0.1, 0.15) is 11.6 Å². The summed E-state index contributed by atoms with van der Waals surface area (Å²) in [6.45, 7) is -3.12. The van der Waals surface area contributed by atoms with Crippen LogP contribution in [-0.4, -0.2) is 34.9 Å². The lowest BCUT2D eigenvalue weighted by atomic mass is 10.0. The summed E-state index contributed by atoms with van der Waals surface area (Å²) >= 11 is 4.61. The van der Waals surface area contributed by atoms with E-state index in [1.54, 1.807) is 24.3 Å². The van der Waals surface area contributed by atoms with Gasteiger partial charge < -0.3 is 21.1 Å². The zero-order valence-corrected chi connectivity index (χ0v) is 17.4. The summed E-state index contributed by atoms with van der Waals surface area (Å²) in [5, 5.41) is 4.65. The number of halogens is 2. The predicted octanol–water partition coefficient (Wildman–Crippen LogP) is 3.25. The SMILES string of the molecule is NCC(=O)Nc1cc(C(S)c2ncccc2C(=O)Nc2ccc(OC(F)F)cc2)ccn1. The number of benzene rings is 1. The monoisotopic (exact) mass is 459 g/mol. The molecular weight excluding hydrogens is 440 g/mol. The number of alkyl halides is 2. The molecule has 0 aliphatic carbocycles. The number of hydrogen-bond donors (Lipinski definition) is 4. The molecule has 0 radical (unpaired) electrons. The fourth-order valence-electron chi connectivity index (χ4n) is 2.78. The average molecular weight is 459 g/mol. The van der Waals surface area contributed by atoms with Crippen molar-refractivity contribution in [1.82, 2.24) is 9.97 Å². The third-order valence-corrected chi connectivity index (χ3v) is 4.77. The fraction of sp³-hybridized carbons (Fsp3) is 0.143. The standard InChI is InChI=1S/C21H19F2N5O3S/c22-21(23)31-14-5-3-13(4-6-14)27-20(30)15-2-1-8-26-18(15)19(32)12-7-9-25-16(10-12)28-17(29)11-24/h1-10,19,21,32H,11,24H2,(H,27,30)(H,25,28,29). The Morgan fingerprint density at radius 2 is 1.81 bits per heavy atom. The van der Waals surface area contributed by atoms with E-state index >= 15 is 0 Å². The fourth-order valence-corrected chi connectivity index (χ4v) is 3.15. The van der Waals surface area contributed by atoms with Crippen molar-refractivity contribution in [2.45, 2.75) is 11.9 Å². The number of ether oxygens (including phenoxy) is 1. The van der Waals surface area contributed by atoms with E-state index in [4.69, 9.17) is 5.73 Å². The highest BCUT2D eigenvalue weighted by Gasteiger charge is 2.20. The molecule has 2 amide bonds. The lowest BCUT2D eigenvalue weighted by Crippen LogP contribution is -2.22. The van der Waals surface area contributed by atoms with E-state index in [1.165, 1.54) is 36.7 Å². The van der Waals surface area contributed by atoms with Gasteiger partial charge in [0.25, 0.3) is 5.91 Å². The van der Waals surface area contributed by atoms with Crippen LogP contribution in [0.15, 0.2) is 60.9 Å². The molecule has 8 nitrogen and oxygen atoms in total. The molecule has 0 aliphatic heterocycles. The number of nitrogens with two attached hydrogens (primary N) is 1. The average Bonchev–Trinajstić information content (AvgIpc) is 2.79. The summed E-state index contributed by atoms with van der Waals surface area (Å²) in [5.41, 5.74) is 6.99. The van der Waals surface area contributed by atoms with Crippen LogP contribution in [0.3, 0.4) is 0 Å². The van der Waals surface area contributed by atoms with Crippen LogP contribution in [0.2, 0.25) is 0 Å². The van der Waals surface area contributed by atoms with Crippen molar-refractivity contribution in [2.24, 2.45) is 5.73 Å². The van der Waals surface area contributed by atoms with Gasteiger partial charge in [-0.05, 0) is 54.1 Å². The van der Waals surface area contributed by atoms with E-state index in [-0.39, 0.29) is 17.9 Å². The molecule has 2 aromatic heterocycles. The number of pyridine rings is 2. The number of anilines is 2. The van der Waals surface area contributed by atoms with Gasteiger partial charge in [-0.15, -0.1) is 0 Å². The minimum Gasteiger partial charge on any atom is -0.435 e. The van der Waals surface area contributed by atoms with Crippen molar-refractivity contribution >= 4 is 35.9 Å². The van der Waals surface area contributed by atoms with Crippen molar-refractivity contribution in [3.05, 3.63) is 77.7 Å². The first-order valence-electron chi connectivity index (χ1n) is 9.32. The zero-order chi connectivity index (χ0) is 23.1. The molecule has 1 unspecified atom stereocenters. The van der Waals surface area contributed by atoms with Crippen LogP contribution in [0.5, 0.6) is 5.75 Å². The largest absolute Gasteiger partial charge is 0.435 e. The summed E-state index contributed by atoms with van der Waals surface area (Å²) in [6.07, 6.45) is 3.03. The topological polar surface area (TPSA) is 119 Å². The molecule has 166 valence electrons. The summed E-state index contributed by atoms with van der Waals surface area (Å²) in [6, 6.07) is 12.0. The van der Waals surface area contributed by atoms with E-state index in [0.29, 0.717) is 22.8 Å². The van der Waals surface area contributed by atoms with Crippen molar-refractivity contribution < 1.29 is 23.1 Å². The Morgan fingerprint density at radius 1 is 1.06 bits per heavy atom.